The Morgan fingerprint density at radius 3 is 2.48 bits per heavy atom. The van der Waals surface area contributed by atoms with Gasteiger partial charge in [0.05, 0.1) is 6.54 Å². The number of hydrogen-bond acceptors (Lipinski definition) is 5. The lowest BCUT2D eigenvalue weighted by atomic mass is 10.1. The Labute approximate surface area is 165 Å². The second-order valence-electron chi connectivity index (χ2n) is 6.97. The summed E-state index contributed by atoms with van der Waals surface area (Å²) >= 11 is 1.24. The van der Waals surface area contributed by atoms with Gasteiger partial charge in [0, 0.05) is 49.7 Å². The number of carbonyl (C=O) groups excluding carboxylic acids is 1. The summed E-state index contributed by atoms with van der Waals surface area (Å²) in [5.74, 6) is 0.111. The zero-order valence-electron chi connectivity index (χ0n) is 16.1. The van der Waals surface area contributed by atoms with Crippen molar-refractivity contribution >= 4 is 27.1 Å². The van der Waals surface area contributed by atoms with Gasteiger partial charge < -0.3 is 4.57 Å². The Bertz CT molecular complexity index is 893. The van der Waals surface area contributed by atoms with Gasteiger partial charge in [0.2, 0.25) is 0 Å². The van der Waals surface area contributed by atoms with E-state index in [-0.39, 0.29) is 5.78 Å². The number of piperazine rings is 1. The molecular weight excluding hydrogens is 382 g/mol. The molecule has 6 nitrogen and oxygen atoms in total. The molecule has 27 heavy (non-hydrogen) atoms. The van der Waals surface area contributed by atoms with Crippen LogP contribution in [0.4, 0.5) is 0 Å². The van der Waals surface area contributed by atoms with Gasteiger partial charge in [-0.2, -0.15) is 4.31 Å². The van der Waals surface area contributed by atoms with Crippen molar-refractivity contribution in [2.45, 2.75) is 37.9 Å². The molecule has 1 aliphatic heterocycles. The maximum absolute atomic E-state index is 12.8. The maximum atomic E-state index is 12.8. The third kappa shape index (κ3) is 4.18. The third-order valence-electron chi connectivity index (χ3n) is 5.11. The molecule has 0 spiro atoms. The van der Waals surface area contributed by atoms with Gasteiger partial charge in [0.25, 0.3) is 10.0 Å². The highest BCUT2D eigenvalue weighted by Gasteiger charge is 2.30. The number of nitrogens with zero attached hydrogens (tertiary/aromatic N) is 3. The molecule has 2 aromatic rings. The van der Waals surface area contributed by atoms with Crippen LogP contribution >= 0.6 is 11.3 Å². The van der Waals surface area contributed by atoms with Crippen LogP contribution in [-0.4, -0.2) is 60.7 Å². The molecule has 3 rings (SSSR count). The fraction of sp³-hybridized carbons (Fsp3) is 0.526. The van der Waals surface area contributed by atoms with Crippen molar-refractivity contribution in [2.24, 2.45) is 0 Å². The lowest BCUT2D eigenvalue weighted by molar-refractivity contribution is 0.0901. The molecule has 8 heteroatoms. The van der Waals surface area contributed by atoms with E-state index in [1.807, 2.05) is 19.9 Å². The summed E-state index contributed by atoms with van der Waals surface area (Å²) in [7, 11) is -3.40. The number of ketones is 1. The monoisotopic (exact) mass is 409 g/mol. The Morgan fingerprint density at radius 2 is 1.89 bits per heavy atom. The van der Waals surface area contributed by atoms with Gasteiger partial charge in [-0.1, -0.05) is 13.0 Å². The fourth-order valence-electron chi connectivity index (χ4n) is 3.60. The van der Waals surface area contributed by atoms with Gasteiger partial charge in [-0.05, 0) is 37.8 Å². The van der Waals surface area contributed by atoms with Gasteiger partial charge >= 0.3 is 0 Å². The van der Waals surface area contributed by atoms with E-state index < -0.39 is 10.0 Å². The van der Waals surface area contributed by atoms with Crippen LogP contribution in [0.2, 0.25) is 0 Å². The molecule has 3 heterocycles. The molecule has 1 saturated heterocycles. The van der Waals surface area contributed by atoms with E-state index in [4.69, 9.17) is 0 Å². The van der Waals surface area contributed by atoms with E-state index in [9.17, 15) is 13.2 Å². The number of rotatable bonds is 7. The second kappa shape index (κ2) is 8.26. The molecule has 1 fully saturated rings. The predicted octanol–water partition coefficient (Wildman–Crippen LogP) is 2.77. The summed E-state index contributed by atoms with van der Waals surface area (Å²) in [5.41, 5.74) is 2.93. The highest BCUT2D eigenvalue weighted by molar-refractivity contribution is 7.91. The summed E-state index contributed by atoms with van der Waals surface area (Å²) < 4.78 is 29.3. The van der Waals surface area contributed by atoms with Crippen molar-refractivity contribution in [2.75, 3.05) is 32.7 Å². The normalized spacial score (nSPS) is 16.7. The molecule has 0 unspecified atom stereocenters. The smallest absolute Gasteiger partial charge is 0.252 e. The van der Waals surface area contributed by atoms with E-state index in [2.05, 4.69) is 16.4 Å². The zero-order valence-corrected chi connectivity index (χ0v) is 17.8. The lowest BCUT2D eigenvalue weighted by Gasteiger charge is -2.33. The van der Waals surface area contributed by atoms with E-state index >= 15 is 0 Å². The minimum atomic E-state index is -3.40. The van der Waals surface area contributed by atoms with Crippen LogP contribution in [0.15, 0.2) is 27.8 Å². The molecule has 0 bridgehead atoms. The first kappa shape index (κ1) is 20.3. The molecule has 2 aromatic heterocycles. The van der Waals surface area contributed by atoms with Crippen LogP contribution < -0.4 is 0 Å². The SMILES string of the molecule is CCCn1c(C)cc(C(=O)CN2CCN(S(=O)(=O)c3cccs3)CC2)c1C. The molecule has 0 N–H and O–H groups in total. The summed E-state index contributed by atoms with van der Waals surface area (Å²) in [6, 6.07) is 5.37. The molecule has 0 radical (unpaired) electrons. The van der Waals surface area contributed by atoms with Crippen LogP contribution in [0.3, 0.4) is 0 Å². The molecule has 0 atom stereocenters. The standard InChI is InChI=1S/C19H27N3O3S2/c1-4-7-22-15(2)13-17(16(22)3)18(23)14-20-8-10-21(11-9-20)27(24,25)19-6-5-12-26-19/h5-6,12-13H,4,7-11,14H2,1-3H3. The highest BCUT2D eigenvalue weighted by atomic mass is 32.2. The number of thiophene rings is 1. The molecule has 148 valence electrons. The van der Waals surface area contributed by atoms with Crippen molar-refractivity contribution in [1.29, 1.82) is 0 Å². The summed E-state index contributed by atoms with van der Waals surface area (Å²) in [5, 5.41) is 1.77. The van der Waals surface area contributed by atoms with Gasteiger partial charge in [-0.25, -0.2) is 8.42 Å². The number of aryl methyl sites for hydroxylation is 1. The third-order valence-corrected chi connectivity index (χ3v) is 8.38. The Kier molecular flexibility index (Phi) is 6.20. The molecule has 0 amide bonds. The molecule has 0 aromatic carbocycles. The van der Waals surface area contributed by atoms with Gasteiger partial charge in [-0.3, -0.25) is 9.69 Å². The van der Waals surface area contributed by atoms with Crippen LogP contribution in [0.1, 0.15) is 35.1 Å². The van der Waals surface area contributed by atoms with E-state index in [0.29, 0.717) is 36.9 Å². The Hall–Kier alpha value is -1.48. The minimum Gasteiger partial charge on any atom is -0.348 e. The number of Topliss-reactive ketones (excluding diaryl/α,β-unsaturated/α-hetero) is 1. The molecule has 0 aliphatic carbocycles. The Balaban J connectivity index is 1.61. The Morgan fingerprint density at radius 1 is 1.19 bits per heavy atom. The van der Waals surface area contributed by atoms with Gasteiger partial charge in [0.1, 0.15) is 4.21 Å². The van der Waals surface area contributed by atoms with Crippen molar-refractivity contribution < 1.29 is 13.2 Å². The van der Waals surface area contributed by atoms with E-state index in [1.165, 1.54) is 15.6 Å². The van der Waals surface area contributed by atoms with Gasteiger partial charge in [0.15, 0.2) is 5.78 Å². The van der Waals surface area contributed by atoms with Crippen molar-refractivity contribution in [3.05, 3.63) is 40.5 Å². The van der Waals surface area contributed by atoms with Crippen LogP contribution in [0.25, 0.3) is 0 Å². The van der Waals surface area contributed by atoms with Crippen LogP contribution in [0.5, 0.6) is 0 Å². The average Bonchev–Trinajstić information content (AvgIpc) is 3.27. The highest BCUT2D eigenvalue weighted by Crippen LogP contribution is 2.22. The quantitative estimate of drug-likeness (QED) is 0.660. The largest absolute Gasteiger partial charge is 0.348 e. The first-order valence-corrected chi connectivity index (χ1v) is 11.6. The van der Waals surface area contributed by atoms with Crippen molar-refractivity contribution in [3.63, 3.8) is 0 Å². The fourth-order valence-corrected chi connectivity index (χ4v) is 6.17. The van der Waals surface area contributed by atoms with Crippen LogP contribution in [-0.2, 0) is 16.6 Å². The van der Waals surface area contributed by atoms with E-state index in [1.54, 1.807) is 17.5 Å². The number of hydrogen-bond donors (Lipinski definition) is 0. The second-order valence-corrected chi connectivity index (χ2v) is 10.1. The summed E-state index contributed by atoms with van der Waals surface area (Å²) in [4.78, 5) is 14.8. The number of sulfonamides is 1. The first-order chi connectivity index (χ1) is 12.8. The lowest BCUT2D eigenvalue weighted by Crippen LogP contribution is -2.49. The summed E-state index contributed by atoms with van der Waals surface area (Å²) in [6.45, 7) is 9.41. The van der Waals surface area contributed by atoms with Crippen molar-refractivity contribution in [3.8, 4) is 0 Å². The van der Waals surface area contributed by atoms with Gasteiger partial charge in [-0.15, -0.1) is 11.3 Å². The number of carbonyl (C=O) groups is 1. The molecule has 0 saturated carbocycles. The van der Waals surface area contributed by atoms with Crippen LogP contribution in [0, 0.1) is 13.8 Å². The number of aromatic nitrogens is 1. The topological polar surface area (TPSA) is 62.6 Å². The first-order valence-electron chi connectivity index (χ1n) is 9.30. The minimum absolute atomic E-state index is 0.111. The zero-order chi connectivity index (χ0) is 19.6. The average molecular weight is 410 g/mol. The molecular formula is C19H27N3O3S2. The predicted molar refractivity (Wildman–Crippen MR) is 108 cm³/mol. The molecule has 1 aliphatic rings. The van der Waals surface area contributed by atoms with Crippen molar-refractivity contribution in [1.82, 2.24) is 13.8 Å². The maximum Gasteiger partial charge on any atom is 0.252 e. The van der Waals surface area contributed by atoms with E-state index in [0.717, 1.165) is 29.9 Å². The summed E-state index contributed by atoms with van der Waals surface area (Å²) in [6.07, 6.45) is 1.03.